The minimum absolute atomic E-state index is 0.00692. The smallest absolute Gasteiger partial charge is 0.224 e. The van der Waals surface area contributed by atoms with E-state index in [9.17, 15) is 9.18 Å². The Morgan fingerprint density at radius 1 is 1.42 bits per heavy atom. The molecule has 140 valence electrons. The van der Waals surface area contributed by atoms with Crippen molar-refractivity contribution in [3.05, 3.63) is 29.5 Å². The highest BCUT2D eigenvalue weighted by atomic mass is 19.1. The third kappa shape index (κ3) is 3.74. The highest BCUT2D eigenvalue weighted by Crippen LogP contribution is 2.41. The second-order valence-electron chi connectivity index (χ2n) is 6.89. The minimum Gasteiger partial charge on any atom is -0.490 e. The molecule has 1 unspecified atom stereocenters. The van der Waals surface area contributed by atoms with Crippen molar-refractivity contribution in [2.75, 3.05) is 18.2 Å². The van der Waals surface area contributed by atoms with Crippen LogP contribution in [0.1, 0.15) is 44.2 Å². The largest absolute Gasteiger partial charge is 0.490 e. The van der Waals surface area contributed by atoms with E-state index in [0.717, 1.165) is 48.1 Å². The number of carbonyl (C=O) groups excluding carboxylic acids is 1. The Morgan fingerprint density at radius 2 is 2.19 bits per heavy atom. The lowest BCUT2D eigenvalue weighted by atomic mass is 9.92. The normalized spacial score (nSPS) is 20.3. The number of ether oxygens (including phenoxy) is 1. The molecule has 1 fully saturated rings. The predicted octanol–water partition coefficient (Wildman–Crippen LogP) is 3.26. The number of fused-ring (bicyclic) bond motifs is 1. The highest BCUT2D eigenvalue weighted by molar-refractivity contribution is 6.11. The van der Waals surface area contributed by atoms with E-state index in [-0.39, 0.29) is 18.6 Å². The zero-order chi connectivity index (χ0) is 18.7. The van der Waals surface area contributed by atoms with Gasteiger partial charge in [-0.3, -0.25) is 9.79 Å². The van der Waals surface area contributed by atoms with Gasteiger partial charge in [0, 0.05) is 42.1 Å². The first-order valence-corrected chi connectivity index (χ1v) is 9.16. The summed E-state index contributed by atoms with van der Waals surface area (Å²) in [5, 5.41) is 0. The molecular weight excluding hydrogens is 333 g/mol. The number of hydrogen-bond donors (Lipinski definition) is 1. The van der Waals surface area contributed by atoms with Gasteiger partial charge in [-0.05, 0) is 44.7 Å². The summed E-state index contributed by atoms with van der Waals surface area (Å²) in [6, 6.07) is 4.32. The lowest BCUT2D eigenvalue weighted by Crippen LogP contribution is -2.40. The summed E-state index contributed by atoms with van der Waals surface area (Å²) in [5.74, 6) is 0.602. The van der Waals surface area contributed by atoms with Gasteiger partial charge in [-0.1, -0.05) is 0 Å². The van der Waals surface area contributed by atoms with Crippen LogP contribution >= 0.6 is 0 Å². The number of rotatable bonds is 6. The van der Waals surface area contributed by atoms with Crippen LogP contribution in [-0.4, -0.2) is 37.5 Å². The van der Waals surface area contributed by atoms with Crippen molar-refractivity contribution in [1.29, 1.82) is 0 Å². The van der Waals surface area contributed by atoms with E-state index in [2.05, 4.69) is 4.99 Å². The number of nitrogens with two attached hydrogens (primary N) is 1. The molecule has 1 amide bonds. The molecule has 0 aromatic heterocycles. The van der Waals surface area contributed by atoms with Gasteiger partial charge >= 0.3 is 0 Å². The molecule has 1 aromatic rings. The van der Waals surface area contributed by atoms with Gasteiger partial charge in [0.05, 0.1) is 11.7 Å². The van der Waals surface area contributed by atoms with Crippen LogP contribution in [0.25, 0.3) is 5.57 Å². The van der Waals surface area contributed by atoms with Crippen molar-refractivity contribution in [2.45, 2.75) is 51.6 Å². The van der Waals surface area contributed by atoms with Crippen LogP contribution in [-0.2, 0) is 11.2 Å². The van der Waals surface area contributed by atoms with Crippen LogP contribution in [0.15, 0.2) is 23.3 Å². The molecule has 0 spiro atoms. The first-order valence-electron chi connectivity index (χ1n) is 9.16. The van der Waals surface area contributed by atoms with Crippen molar-refractivity contribution in [3.8, 4) is 5.75 Å². The SMILES string of the molecule is CC(=O)N1c2ccc(C(C=NC3CC3)=CN)c(OCCF)c2CCC1C. The fourth-order valence-corrected chi connectivity index (χ4v) is 3.43. The van der Waals surface area contributed by atoms with Gasteiger partial charge in [0.15, 0.2) is 0 Å². The second-order valence-corrected chi connectivity index (χ2v) is 6.89. The number of benzene rings is 1. The van der Waals surface area contributed by atoms with Crippen LogP contribution in [0.4, 0.5) is 10.1 Å². The molecule has 1 aliphatic carbocycles. The number of allylic oxidation sites excluding steroid dienone is 1. The fourth-order valence-electron chi connectivity index (χ4n) is 3.43. The molecule has 1 atom stereocenters. The van der Waals surface area contributed by atoms with Gasteiger partial charge in [-0.15, -0.1) is 0 Å². The molecule has 2 N–H and O–H groups in total. The van der Waals surface area contributed by atoms with E-state index in [1.807, 2.05) is 19.1 Å². The zero-order valence-electron chi connectivity index (χ0n) is 15.4. The zero-order valence-corrected chi connectivity index (χ0v) is 15.4. The number of halogens is 1. The lowest BCUT2D eigenvalue weighted by Gasteiger charge is -2.36. The maximum Gasteiger partial charge on any atom is 0.224 e. The number of alkyl halides is 1. The van der Waals surface area contributed by atoms with E-state index in [1.54, 1.807) is 18.0 Å². The molecule has 0 radical (unpaired) electrons. The van der Waals surface area contributed by atoms with Crippen molar-refractivity contribution < 1.29 is 13.9 Å². The van der Waals surface area contributed by atoms with E-state index in [1.165, 1.54) is 6.20 Å². The maximum atomic E-state index is 12.8. The third-order valence-electron chi connectivity index (χ3n) is 4.87. The van der Waals surface area contributed by atoms with Gasteiger partial charge in [0.2, 0.25) is 5.91 Å². The first kappa shape index (κ1) is 18.4. The molecule has 1 heterocycles. The summed E-state index contributed by atoms with van der Waals surface area (Å²) < 4.78 is 18.6. The van der Waals surface area contributed by atoms with Crippen LogP contribution in [0.2, 0.25) is 0 Å². The number of nitrogens with zero attached hydrogens (tertiary/aromatic N) is 2. The molecule has 5 nitrogen and oxygen atoms in total. The Balaban J connectivity index is 2.06. The van der Waals surface area contributed by atoms with E-state index < -0.39 is 6.67 Å². The van der Waals surface area contributed by atoms with Crippen LogP contribution < -0.4 is 15.4 Å². The quantitative estimate of drug-likeness (QED) is 0.793. The Kier molecular flexibility index (Phi) is 5.59. The maximum absolute atomic E-state index is 12.8. The molecule has 0 bridgehead atoms. The summed E-state index contributed by atoms with van der Waals surface area (Å²) in [7, 11) is 0. The van der Waals surface area contributed by atoms with E-state index in [4.69, 9.17) is 10.5 Å². The number of hydrogen-bond acceptors (Lipinski definition) is 4. The summed E-state index contributed by atoms with van der Waals surface area (Å²) in [6.45, 7) is 2.99. The van der Waals surface area contributed by atoms with Crippen molar-refractivity contribution in [3.63, 3.8) is 0 Å². The molecule has 26 heavy (non-hydrogen) atoms. The first-order chi connectivity index (χ1) is 12.6. The highest BCUT2D eigenvalue weighted by Gasteiger charge is 2.30. The molecule has 6 heteroatoms. The molecule has 0 saturated heterocycles. The van der Waals surface area contributed by atoms with Gasteiger partial charge in [-0.2, -0.15) is 0 Å². The van der Waals surface area contributed by atoms with E-state index in [0.29, 0.717) is 11.8 Å². The molecule has 1 saturated carbocycles. The average Bonchev–Trinajstić information content (AvgIpc) is 3.44. The summed E-state index contributed by atoms with van der Waals surface area (Å²) in [5.41, 5.74) is 9.15. The van der Waals surface area contributed by atoms with Gasteiger partial charge in [-0.25, -0.2) is 4.39 Å². The van der Waals surface area contributed by atoms with E-state index >= 15 is 0 Å². The van der Waals surface area contributed by atoms with Crippen molar-refractivity contribution in [2.24, 2.45) is 10.7 Å². The Hall–Kier alpha value is -2.37. The standard InChI is InChI=1S/C20H26FN3O2/c1-13-3-6-18-19(24(13)14(2)25)8-7-17(20(18)26-10-9-21)15(11-22)12-23-16-4-5-16/h7-8,11-13,16H,3-6,9-10,22H2,1-2H3. The van der Waals surface area contributed by atoms with Crippen LogP contribution in [0.3, 0.4) is 0 Å². The minimum atomic E-state index is -0.576. The lowest BCUT2D eigenvalue weighted by molar-refractivity contribution is -0.117. The monoisotopic (exact) mass is 359 g/mol. The average molecular weight is 359 g/mol. The third-order valence-corrected chi connectivity index (χ3v) is 4.87. The number of amides is 1. The topological polar surface area (TPSA) is 67.9 Å². The number of anilines is 1. The van der Waals surface area contributed by atoms with Crippen LogP contribution in [0, 0.1) is 0 Å². The van der Waals surface area contributed by atoms with Gasteiger partial charge in [0.25, 0.3) is 0 Å². The Labute approximate surface area is 153 Å². The van der Waals surface area contributed by atoms with Crippen LogP contribution in [0.5, 0.6) is 5.75 Å². The van der Waals surface area contributed by atoms with Gasteiger partial charge < -0.3 is 15.4 Å². The number of aliphatic imine (C=N–C) groups is 1. The number of carbonyl (C=O) groups is 1. The summed E-state index contributed by atoms with van der Waals surface area (Å²) in [6.07, 6.45) is 7.09. The van der Waals surface area contributed by atoms with Crippen molar-refractivity contribution in [1.82, 2.24) is 0 Å². The van der Waals surface area contributed by atoms with Gasteiger partial charge in [0.1, 0.15) is 19.0 Å². The molecule has 2 aliphatic rings. The Bertz CT molecular complexity index is 741. The molecular formula is C20H26FN3O2. The fraction of sp³-hybridized carbons (Fsp3) is 0.500. The summed E-state index contributed by atoms with van der Waals surface area (Å²) >= 11 is 0. The Morgan fingerprint density at radius 3 is 2.81 bits per heavy atom. The molecule has 1 aromatic carbocycles. The summed E-state index contributed by atoms with van der Waals surface area (Å²) in [4.78, 5) is 18.4. The molecule has 3 rings (SSSR count). The predicted molar refractivity (Wildman–Crippen MR) is 103 cm³/mol. The van der Waals surface area contributed by atoms with Crippen molar-refractivity contribution >= 4 is 23.4 Å². The molecule has 1 aliphatic heterocycles. The second kappa shape index (κ2) is 7.89.